The zero-order chi connectivity index (χ0) is 48.1. The van der Waals surface area contributed by atoms with Gasteiger partial charge in [-0.05, 0) is 79.8 Å². The zero-order valence-corrected chi connectivity index (χ0v) is 43.1. The van der Waals surface area contributed by atoms with E-state index in [2.05, 4.69) is 31.2 Å². The first-order valence-electron chi connectivity index (χ1n) is 22.1. The van der Waals surface area contributed by atoms with Gasteiger partial charge in [-0.25, -0.2) is 14.6 Å². The summed E-state index contributed by atoms with van der Waals surface area (Å²) in [6.45, 7) is 27.5. The van der Waals surface area contributed by atoms with Gasteiger partial charge in [0, 0.05) is 31.5 Å². The van der Waals surface area contributed by atoms with Crippen LogP contribution in [0.2, 0.25) is 0 Å². The molecule has 0 radical (unpaired) electrons. The van der Waals surface area contributed by atoms with E-state index in [-0.39, 0.29) is 66.7 Å². The van der Waals surface area contributed by atoms with Crippen molar-refractivity contribution in [2.45, 2.75) is 152 Å². The number of nitrogens with one attached hydrogen (secondary N) is 4. The van der Waals surface area contributed by atoms with Gasteiger partial charge >= 0.3 is 17.8 Å². The predicted octanol–water partition coefficient (Wildman–Crippen LogP) is 2.17. The quantitative estimate of drug-likeness (QED) is 0.0428. The van der Waals surface area contributed by atoms with Crippen LogP contribution in [0.15, 0.2) is 4.99 Å². The molecular formula is C44H82N7O10Si+. The molecule has 62 heavy (non-hydrogen) atoms. The fourth-order valence-corrected chi connectivity index (χ4v) is 7.59. The number of carbonyl (C=O) groups is 7. The van der Waals surface area contributed by atoms with E-state index in [4.69, 9.17) is 13.9 Å². The smallest absolute Gasteiger partial charge is 0.340 e. The Kier molecular flexibility index (Phi) is 21.1. The third-order valence-electron chi connectivity index (χ3n) is 12.8. The molecule has 0 bridgehead atoms. The van der Waals surface area contributed by atoms with E-state index in [9.17, 15) is 33.6 Å². The lowest BCUT2D eigenvalue weighted by atomic mass is 9.60. The molecule has 5 atom stereocenters. The zero-order valence-electron chi connectivity index (χ0n) is 41.1. The van der Waals surface area contributed by atoms with Gasteiger partial charge in [-0.2, -0.15) is 0 Å². The molecule has 0 saturated heterocycles. The number of hydrogen-bond donors (Lipinski definition) is 4. The van der Waals surface area contributed by atoms with Gasteiger partial charge in [0.25, 0.3) is 11.8 Å². The van der Waals surface area contributed by atoms with Crippen molar-refractivity contribution < 1.29 is 51.9 Å². The minimum absolute atomic E-state index is 0.0453. The molecule has 1 aliphatic heterocycles. The number of amides is 5. The van der Waals surface area contributed by atoms with Crippen molar-refractivity contribution in [3.8, 4) is 0 Å². The minimum Gasteiger partial charge on any atom is -0.452 e. The van der Waals surface area contributed by atoms with Crippen molar-refractivity contribution in [2.24, 2.45) is 27.7 Å². The highest BCUT2D eigenvalue weighted by Crippen LogP contribution is 2.48. The molecule has 5 amide bonds. The summed E-state index contributed by atoms with van der Waals surface area (Å²) >= 11 is 0. The van der Waals surface area contributed by atoms with Gasteiger partial charge in [-0.15, -0.1) is 0 Å². The number of likely N-dealkylation sites (N-methyl/N-ethyl adjacent to an activating group) is 2. The standard InChI is InChI=1S/C44H81N7O10Si/c1-17-31(35(54)47-27-29(3)34(53)45-22-25-50(15)24-20-19-21-32-48-42(10,11)39(58)60-32)59-36(55)30(4)28-51(16,33(52)18-2)26-23-46-37(56)41(8,9)49-38(57)44(14,61-62)43(12,13)40(5,6)7/h29-31H,17-28H2,1-16,62H3,(H3-,45,46,47,49,53,54,56,57)/p+1. The van der Waals surface area contributed by atoms with Gasteiger partial charge < -0.3 is 40.1 Å². The summed E-state index contributed by atoms with van der Waals surface area (Å²) in [5.41, 5.74) is -4.19. The molecule has 0 aromatic rings. The van der Waals surface area contributed by atoms with Crippen molar-refractivity contribution in [3.63, 3.8) is 0 Å². The number of aliphatic imine (C=N–C) groups is 1. The largest absolute Gasteiger partial charge is 0.452 e. The van der Waals surface area contributed by atoms with Crippen molar-refractivity contribution in [3.05, 3.63) is 0 Å². The molecule has 0 aliphatic carbocycles. The Hall–Kier alpha value is -3.74. The van der Waals surface area contributed by atoms with Gasteiger partial charge in [-0.1, -0.05) is 55.4 Å². The molecule has 0 saturated carbocycles. The van der Waals surface area contributed by atoms with Crippen molar-refractivity contribution in [1.82, 2.24) is 26.2 Å². The maximum absolute atomic E-state index is 13.7. The van der Waals surface area contributed by atoms with E-state index in [0.717, 1.165) is 19.4 Å². The Labute approximate surface area is 374 Å². The first kappa shape index (κ1) is 56.3. The van der Waals surface area contributed by atoms with Gasteiger partial charge in [0.2, 0.25) is 11.8 Å². The Morgan fingerprint density at radius 1 is 0.871 bits per heavy atom. The summed E-state index contributed by atoms with van der Waals surface area (Å²) in [6, 6.07) is 0. The number of carbonyl (C=O) groups excluding carboxylic acids is 7. The Balaban J connectivity index is 2.67. The summed E-state index contributed by atoms with van der Waals surface area (Å²) in [5, 5.41) is 11.4. The number of quaternary nitrogens is 1. The topological polar surface area (TPSA) is 211 Å². The van der Waals surface area contributed by atoms with Crippen LogP contribution in [-0.4, -0.2) is 150 Å². The number of cyclic esters (lactones) is 1. The predicted molar refractivity (Wildman–Crippen MR) is 243 cm³/mol. The van der Waals surface area contributed by atoms with Gasteiger partial charge in [0.05, 0.1) is 32.5 Å². The fourth-order valence-electron chi connectivity index (χ4n) is 6.89. The molecule has 0 spiro atoms. The molecule has 1 aliphatic rings. The van der Waals surface area contributed by atoms with Crippen LogP contribution in [0, 0.1) is 22.7 Å². The number of esters is 2. The van der Waals surface area contributed by atoms with Gasteiger partial charge in [0.15, 0.2) is 17.5 Å². The molecule has 0 fully saturated rings. The van der Waals surface area contributed by atoms with Gasteiger partial charge in [-0.3, -0.25) is 28.5 Å². The third kappa shape index (κ3) is 15.5. The van der Waals surface area contributed by atoms with Crippen LogP contribution in [0.4, 0.5) is 0 Å². The first-order chi connectivity index (χ1) is 28.3. The average molecular weight is 897 g/mol. The number of unbranched alkanes of at least 4 members (excludes halogenated alkanes) is 1. The molecule has 18 heteroatoms. The van der Waals surface area contributed by atoms with Gasteiger partial charge in [0.1, 0.15) is 34.1 Å². The molecular weight excluding hydrogens is 815 g/mol. The maximum Gasteiger partial charge on any atom is 0.340 e. The lowest BCUT2D eigenvalue weighted by Gasteiger charge is -2.51. The number of hydrogen-bond acceptors (Lipinski definition) is 12. The van der Waals surface area contributed by atoms with E-state index in [0.29, 0.717) is 35.9 Å². The number of ether oxygens (including phenoxy) is 2. The van der Waals surface area contributed by atoms with Crippen LogP contribution in [0.3, 0.4) is 0 Å². The summed E-state index contributed by atoms with van der Waals surface area (Å²) in [7, 11) is 3.97. The second-order valence-corrected chi connectivity index (χ2v) is 20.3. The Morgan fingerprint density at radius 3 is 2.00 bits per heavy atom. The third-order valence-corrected chi connectivity index (χ3v) is 13.6. The van der Waals surface area contributed by atoms with E-state index >= 15 is 0 Å². The second kappa shape index (κ2) is 23.3. The minimum atomic E-state index is -1.30. The maximum atomic E-state index is 13.7. The van der Waals surface area contributed by atoms with Crippen molar-refractivity contribution in [1.29, 1.82) is 0 Å². The molecule has 5 unspecified atom stereocenters. The second-order valence-electron chi connectivity index (χ2n) is 19.9. The first-order valence-corrected chi connectivity index (χ1v) is 23.0. The van der Waals surface area contributed by atoms with E-state index in [1.54, 1.807) is 69.4 Å². The van der Waals surface area contributed by atoms with Crippen LogP contribution in [-0.2, 0) is 47.5 Å². The van der Waals surface area contributed by atoms with E-state index in [1.165, 1.54) is 0 Å². The molecule has 4 N–H and O–H groups in total. The molecule has 356 valence electrons. The van der Waals surface area contributed by atoms with Crippen molar-refractivity contribution in [2.75, 3.05) is 59.9 Å². The summed E-state index contributed by atoms with van der Waals surface area (Å²) in [6.07, 6.45) is 1.58. The normalized spacial score (nSPS) is 17.7. The summed E-state index contributed by atoms with van der Waals surface area (Å²) in [5.74, 6) is -3.55. The lowest BCUT2D eigenvalue weighted by molar-refractivity contribution is -0.836. The lowest BCUT2D eigenvalue weighted by Crippen LogP contribution is -2.65. The van der Waals surface area contributed by atoms with Crippen molar-refractivity contribution >= 4 is 57.9 Å². The Morgan fingerprint density at radius 2 is 1.48 bits per heavy atom. The fraction of sp³-hybridized carbons (Fsp3) is 0.818. The van der Waals surface area contributed by atoms with Crippen LogP contribution < -0.4 is 21.3 Å². The SMILES string of the molecule is CCC(=O)[N+](C)(CCNC(=O)C(C)(C)NC(=O)C(C)(O[SiH3])C(C)(C)C(C)(C)C)CC(C)C(=O)OC(CC)C(=O)NCC(C)C(=O)NCCN(C)CCCCC1=NC(C)(C)C(=O)O1. The van der Waals surface area contributed by atoms with Crippen LogP contribution in [0.25, 0.3) is 0 Å². The van der Waals surface area contributed by atoms with Crippen LogP contribution in [0.5, 0.6) is 0 Å². The highest BCUT2D eigenvalue weighted by atomic mass is 28.2. The highest BCUT2D eigenvalue weighted by Gasteiger charge is 2.54. The molecule has 0 aromatic heterocycles. The van der Waals surface area contributed by atoms with E-state index in [1.807, 2.05) is 41.7 Å². The molecule has 0 aromatic carbocycles. The van der Waals surface area contributed by atoms with E-state index < -0.39 is 63.7 Å². The molecule has 1 rings (SSSR count). The monoisotopic (exact) mass is 897 g/mol. The summed E-state index contributed by atoms with van der Waals surface area (Å²) in [4.78, 5) is 97.8. The number of nitrogens with zero attached hydrogens (tertiary/aromatic N) is 3. The Bertz CT molecular complexity index is 1630. The van der Waals surface area contributed by atoms with Crippen LogP contribution in [0.1, 0.15) is 129 Å². The highest BCUT2D eigenvalue weighted by molar-refractivity contribution is 6.02. The average Bonchev–Trinajstić information content (AvgIpc) is 3.45. The van der Waals surface area contributed by atoms with Crippen LogP contribution >= 0.6 is 0 Å². The number of rotatable bonds is 26. The molecule has 17 nitrogen and oxygen atoms in total. The summed E-state index contributed by atoms with van der Waals surface area (Å²) < 4.78 is 16.6. The molecule has 1 heterocycles.